The van der Waals surface area contributed by atoms with E-state index in [2.05, 4.69) is 0 Å². The summed E-state index contributed by atoms with van der Waals surface area (Å²) >= 11 is 1.98. The molecule has 6 heteroatoms. The van der Waals surface area contributed by atoms with Crippen LogP contribution in [0.3, 0.4) is 0 Å². The molecule has 0 saturated carbocycles. The van der Waals surface area contributed by atoms with E-state index in [1.807, 2.05) is 22.6 Å². The molecule has 66 valence electrons. The standard InChI is InChI=1S/C6H5IN2O2.ClH/c7-4-1-5(8)3-6(2-4)9(10)11;/h1-3H,8H2;1H. The van der Waals surface area contributed by atoms with Crippen LogP contribution >= 0.6 is 35.0 Å². The summed E-state index contributed by atoms with van der Waals surface area (Å²) in [5, 5.41) is 10.3. The van der Waals surface area contributed by atoms with Gasteiger partial charge in [-0.2, -0.15) is 0 Å². The fourth-order valence-electron chi connectivity index (χ4n) is 0.702. The molecule has 2 N–H and O–H groups in total. The minimum absolute atomic E-state index is 0. The molecule has 0 saturated heterocycles. The van der Waals surface area contributed by atoms with Crippen LogP contribution in [0.15, 0.2) is 18.2 Å². The number of nitrogens with zero attached hydrogens (tertiary/aromatic N) is 1. The largest absolute Gasteiger partial charge is 0.398 e. The molecule has 0 spiro atoms. The number of halogens is 2. The first-order chi connectivity index (χ1) is 5.09. The topological polar surface area (TPSA) is 69.2 Å². The van der Waals surface area contributed by atoms with Gasteiger partial charge < -0.3 is 5.73 Å². The molecule has 1 rings (SSSR count). The van der Waals surface area contributed by atoms with E-state index in [9.17, 15) is 10.1 Å². The molecule has 0 bridgehead atoms. The summed E-state index contributed by atoms with van der Waals surface area (Å²) < 4.78 is 0.773. The second kappa shape index (κ2) is 4.46. The Morgan fingerprint density at radius 3 is 2.42 bits per heavy atom. The van der Waals surface area contributed by atoms with Crippen molar-refractivity contribution in [1.82, 2.24) is 0 Å². The Balaban J connectivity index is 0.00000121. The monoisotopic (exact) mass is 300 g/mol. The number of nitro groups is 1. The molecule has 4 nitrogen and oxygen atoms in total. The van der Waals surface area contributed by atoms with Crippen molar-refractivity contribution in [2.24, 2.45) is 0 Å². The van der Waals surface area contributed by atoms with Crippen LogP contribution in [0.1, 0.15) is 0 Å². The smallest absolute Gasteiger partial charge is 0.272 e. The maximum Gasteiger partial charge on any atom is 0.272 e. The highest BCUT2D eigenvalue weighted by Gasteiger charge is 2.05. The molecule has 0 aliphatic carbocycles. The summed E-state index contributed by atoms with van der Waals surface area (Å²) in [4.78, 5) is 9.79. The zero-order valence-electron chi connectivity index (χ0n) is 5.86. The van der Waals surface area contributed by atoms with Crippen LogP contribution in [0.4, 0.5) is 11.4 Å². The Bertz CT molecular complexity index is 285. The Labute approximate surface area is 88.8 Å². The van der Waals surface area contributed by atoms with E-state index < -0.39 is 4.92 Å². The number of benzene rings is 1. The van der Waals surface area contributed by atoms with Crippen molar-refractivity contribution in [2.45, 2.75) is 0 Å². The second-order valence-electron chi connectivity index (χ2n) is 2.00. The van der Waals surface area contributed by atoms with Crippen molar-refractivity contribution in [3.05, 3.63) is 31.9 Å². The third-order valence-electron chi connectivity index (χ3n) is 1.12. The van der Waals surface area contributed by atoms with Crippen LogP contribution in [0.2, 0.25) is 0 Å². The van der Waals surface area contributed by atoms with Gasteiger partial charge in [0.2, 0.25) is 0 Å². The van der Waals surface area contributed by atoms with E-state index in [1.54, 1.807) is 6.07 Å². The van der Waals surface area contributed by atoms with Gasteiger partial charge in [-0.05, 0) is 28.7 Å². The van der Waals surface area contributed by atoms with E-state index in [0.717, 1.165) is 3.57 Å². The van der Waals surface area contributed by atoms with Gasteiger partial charge in [0.15, 0.2) is 0 Å². The van der Waals surface area contributed by atoms with Gasteiger partial charge in [0, 0.05) is 21.4 Å². The molecule has 0 amide bonds. The van der Waals surface area contributed by atoms with Gasteiger partial charge in [-0.3, -0.25) is 10.1 Å². The molecule has 12 heavy (non-hydrogen) atoms. The number of anilines is 1. The Morgan fingerprint density at radius 1 is 1.42 bits per heavy atom. The molecule has 0 aliphatic rings. The van der Waals surface area contributed by atoms with Crippen molar-refractivity contribution in [2.75, 3.05) is 5.73 Å². The molecular formula is C6H6ClIN2O2. The maximum atomic E-state index is 10.3. The highest BCUT2D eigenvalue weighted by atomic mass is 127. The highest BCUT2D eigenvalue weighted by Crippen LogP contribution is 2.19. The van der Waals surface area contributed by atoms with Gasteiger partial charge in [-0.1, -0.05) is 0 Å². The number of nitrogens with two attached hydrogens (primary N) is 1. The summed E-state index contributed by atoms with van der Waals surface area (Å²) in [7, 11) is 0. The van der Waals surface area contributed by atoms with Gasteiger partial charge in [-0.15, -0.1) is 12.4 Å². The zero-order chi connectivity index (χ0) is 8.43. The average molecular weight is 300 g/mol. The third kappa shape index (κ3) is 2.82. The average Bonchev–Trinajstić information content (AvgIpc) is 1.85. The van der Waals surface area contributed by atoms with Crippen LogP contribution in [-0.2, 0) is 0 Å². The summed E-state index contributed by atoms with van der Waals surface area (Å²) in [5.74, 6) is 0. The fraction of sp³-hybridized carbons (Fsp3) is 0. The van der Waals surface area contributed by atoms with Gasteiger partial charge in [0.25, 0.3) is 5.69 Å². The van der Waals surface area contributed by atoms with Crippen LogP contribution in [0.25, 0.3) is 0 Å². The number of nitro benzene ring substituents is 1. The Kier molecular flexibility index (Phi) is 4.25. The molecule has 0 aromatic heterocycles. The normalized spacial score (nSPS) is 8.75. The lowest BCUT2D eigenvalue weighted by atomic mass is 10.3. The molecule has 1 aromatic rings. The molecule has 0 unspecified atom stereocenters. The lowest BCUT2D eigenvalue weighted by Gasteiger charge is -1.94. The lowest BCUT2D eigenvalue weighted by molar-refractivity contribution is -0.384. The van der Waals surface area contributed by atoms with Crippen molar-refractivity contribution in [1.29, 1.82) is 0 Å². The van der Waals surface area contributed by atoms with Crippen molar-refractivity contribution in [3.8, 4) is 0 Å². The number of hydrogen-bond donors (Lipinski definition) is 1. The molecule has 1 aromatic carbocycles. The van der Waals surface area contributed by atoms with E-state index in [-0.39, 0.29) is 18.1 Å². The SMILES string of the molecule is Cl.Nc1cc(I)cc([N+](=O)[O-])c1. The van der Waals surface area contributed by atoms with E-state index in [0.29, 0.717) is 5.69 Å². The van der Waals surface area contributed by atoms with Crippen molar-refractivity contribution >= 4 is 46.4 Å². The number of hydrogen-bond acceptors (Lipinski definition) is 3. The predicted octanol–water partition coefficient (Wildman–Crippen LogP) is 2.20. The van der Waals surface area contributed by atoms with Crippen LogP contribution in [0.5, 0.6) is 0 Å². The summed E-state index contributed by atoms with van der Waals surface area (Å²) in [6.07, 6.45) is 0. The molecule has 0 atom stereocenters. The number of nitrogen functional groups attached to an aromatic ring is 1. The van der Waals surface area contributed by atoms with E-state index in [1.165, 1.54) is 12.1 Å². The maximum absolute atomic E-state index is 10.3. The molecule has 0 radical (unpaired) electrons. The first-order valence-corrected chi connectivity index (χ1v) is 3.88. The Morgan fingerprint density at radius 2 is 2.00 bits per heavy atom. The number of non-ortho nitro benzene ring substituents is 1. The van der Waals surface area contributed by atoms with Gasteiger partial charge in [0.1, 0.15) is 0 Å². The first-order valence-electron chi connectivity index (χ1n) is 2.80. The third-order valence-corrected chi connectivity index (χ3v) is 1.74. The van der Waals surface area contributed by atoms with Gasteiger partial charge in [0.05, 0.1) is 4.92 Å². The van der Waals surface area contributed by atoms with Gasteiger partial charge >= 0.3 is 0 Å². The minimum atomic E-state index is -0.460. The van der Waals surface area contributed by atoms with Crippen LogP contribution < -0.4 is 5.73 Å². The second-order valence-corrected chi connectivity index (χ2v) is 3.25. The quantitative estimate of drug-likeness (QED) is 0.374. The molecule has 0 heterocycles. The summed E-state index contributed by atoms with van der Waals surface area (Å²) in [6.45, 7) is 0. The number of rotatable bonds is 1. The Hall–Kier alpha value is -0.560. The van der Waals surface area contributed by atoms with Crippen LogP contribution in [0, 0.1) is 13.7 Å². The lowest BCUT2D eigenvalue weighted by Crippen LogP contribution is -1.91. The van der Waals surface area contributed by atoms with E-state index in [4.69, 9.17) is 5.73 Å². The van der Waals surface area contributed by atoms with Gasteiger partial charge in [-0.25, -0.2) is 0 Å². The highest BCUT2D eigenvalue weighted by molar-refractivity contribution is 14.1. The zero-order valence-corrected chi connectivity index (χ0v) is 8.83. The van der Waals surface area contributed by atoms with Crippen molar-refractivity contribution < 1.29 is 4.92 Å². The first kappa shape index (κ1) is 11.4. The fourth-order valence-corrected chi connectivity index (χ4v) is 1.38. The molecule has 0 aliphatic heterocycles. The van der Waals surface area contributed by atoms with Crippen molar-refractivity contribution in [3.63, 3.8) is 0 Å². The summed E-state index contributed by atoms with van der Waals surface area (Å²) in [5.41, 5.74) is 5.84. The molecular weight excluding hydrogens is 294 g/mol. The van der Waals surface area contributed by atoms with E-state index >= 15 is 0 Å². The van der Waals surface area contributed by atoms with Crippen LogP contribution in [-0.4, -0.2) is 4.92 Å². The molecule has 0 fully saturated rings. The predicted molar refractivity (Wildman–Crippen MR) is 57.5 cm³/mol. The summed E-state index contributed by atoms with van der Waals surface area (Å²) in [6, 6.07) is 4.48. The minimum Gasteiger partial charge on any atom is -0.398 e.